The zero-order valence-corrected chi connectivity index (χ0v) is 15.9. The van der Waals surface area contributed by atoms with Gasteiger partial charge in [0.15, 0.2) is 5.01 Å². The predicted octanol–water partition coefficient (Wildman–Crippen LogP) is 5.53. The molecular weight excluding hydrogens is 352 g/mol. The molecule has 1 aromatic heterocycles. The largest absolute Gasteiger partial charge is 0.364 e. The van der Waals surface area contributed by atoms with Crippen molar-refractivity contribution in [2.75, 3.05) is 0 Å². The topological polar surface area (TPSA) is 56.0 Å². The third kappa shape index (κ3) is 3.75. The first-order valence-corrected chi connectivity index (χ1v) is 9.12. The number of carbonyl (C=O) groups is 1. The van der Waals surface area contributed by atoms with Gasteiger partial charge in [0.1, 0.15) is 0 Å². The molecule has 2 aromatic carbocycles. The van der Waals surface area contributed by atoms with Gasteiger partial charge in [0, 0.05) is 10.6 Å². The second-order valence-electron chi connectivity index (χ2n) is 6.90. The van der Waals surface area contributed by atoms with Crippen LogP contribution < -0.4 is 5.73 Å². The van der Waals surface area contributed by atoms with Crippen molar-refractivity contribution < 1.29 is 4.79 Å². The molecule has 0 saturated heterocycles. The molecule has 0 unspecified atom stereocenters. The van der Waals surface area contributed by atoms with Crippen LogP contribution in [0.3, 0.4) is 0 Å². The van der Waals surface area contributed by atoms with Crippen molar-refractivity contribution in [1.29, 1.82) is 0 Å². The Labute approximate surface area is 156 Å². The maximum atomic E-state index is 11.6. The Morgan fingerprint density at radius 1 is 1.00 bits per heavy atom. The fourth-order valence-corrected chi connectivity index (χ4v) is 3.62. The number of nitrogens with zero attached hydrogens (tertiary/aromatic N) is 1. The molecule has 1 amide bonds. The summed E-state index contributed by atoms with van der Waals surface area (Å²) >= 11 is 7.29. The highest BCUT2D eigenvalue weighted by atomic mass is 35.5. The molecule has 0 aliphatic carbocycles. The number of rotatable bonds is 3. The minimum absolute atomic E-state index is 0.0869. The third-order valence-corrected chi connectivity index (χ3v) is 5.34. The smallest absolute Gasteiger partial charge is 0.277 e. The Balaban J connectivity index is 2.11. The molecule has 3 nitrogen and oxygen atoms in total. The van der Waals surface area contributed by atoms with Crippen molar-refractivity contribution in [3.05, 3.63) is 64.1 Å². The van der Waals surface area contributed by atoms with Gasteiger partial charge in [-0.05, 0) is 28.7 Å². The van der Waals surface area contributed by atoms with Gasteiger partial charge in [0.2, 0.25) is 0 Å². The SMILES string of the molecule is CC(C)(C)c1ccc(-c2sc(C(N)=O)nc2-c2ccc(Cl)cc2)cc1. The monoisotopic (exact) mass is 370 g/mol. The van der Waals surface area contributed by atoms with Gasteiger partial charge in [-0.15, -0.1) is 11.3 Å². The zero-order chi connectivity index (χ0) is 18.2. The van der Waals surface area contributed by atoms with Crippen LogP contribution in [0.15, 0.2) is 48.5 Å². The normalized spacial score (nSPS) is 11.5. The summed E-state index contributed by atoms with van der Waals surface area (Å²) in [6.07, 6.45) is 0. The highest BCUT2D eigenvalue weighted by Gasteiger charge is 2.19. The number of hydrogen-bond acceptors (Lipinski definition) is 3. The van der Waals surface area contributed by atoms with E-state index in [2.05, 4.69) is 50.0 Å². The molecule has 0 aliphatic heterocycles. The first-order valence-electron chi connectivity index (χ1n) is 7.93. The Morgan fingerprint density at radius 3 is 2.08 bits per heavy atom. The molecule has 1 heterocycles. The summed E-state index contributed by atoms with van der Waals surface area (Å²) in [5.41, 5.74) is 9.46. The van der Waals surface area contributed by atoms with E-state index >= 15 is 0 Å². The van der Waals surface area contributed by atoms with Gasteiger partial charge in [0.05, 0.1) is 10.6 Å². The molecule has 3 aromatic rings. The highest BCUT2D eigenvalue weighted by Crippen LogP contribution is 2.38. The zero-order valence-electron chi connectivity index (χ0n) is 14.3. The Hall–Kier alpha value is -2.17. The van der Waals surface area contributed by atoms with Crippen molar-refractivity contribution >= 4 is 28.8 Å². The molecule has 25 heavy (non-hydrogen) atoms. The van der Waals surface area contributed by atoms with E-state index in [4.69, 9.17) is 17.3 Å². The fraction of sp³-hybridized carbons (Fsp3) is 0.200. The minimum Gasteiger partial charge on any atom is -0.364 e. The van der Waals surface area contributed by atoms with Gasteiger partial charge in [-0.25, -0.2) is 4.98 Å². The van der Waals surface area contributed by atoms with Crippen molar-refractivity contribution in [3.8, 4) is 21.7 Å². The van der Waals surface area contributed by atoms with E-state index in [9.17, 15) is 4.79 Å². The Morgan fingerprint density at radius 2 is 1.56 bits per heavy atom. The van der Waals surface area contributed by atoms with Gasteiger partial charge in [-0.3, -0.25) is 4.79 Å². The first-order chi connectivity index (χ1) is 11.8. The Bertz CT molecular complexity index is 906. The Kier molecular flexibility index (Phi) is 4.67. The summed E-state index contributed by atoms with van der Waals surface area (Å²) in [7, 11) is 0. The molecule has 3 rings (SSSR count). The van der Waals surface area contributed by atoms with Crippen LogP contribution in [-0.2, 0) is 5.41 Å². The van der Waals surface area contributed by atoms with Crippen LogP contribution in [0.25, 0.3) is 21.7 Å². The molecule has 0 aliphatic rings. The molecule has 0 spiro atoms. The van der Waals surface area contributed by atoms with Gasteiger partial charge >= 0.3 is 0 Å². The first kappa shape index (κ1) is 17.6. The van der Waals surface area contributed by atoms with E-state index in [1.54, 1.807) is 0 Å². The summed E-state index contributed by atoms with van der Waals surface area (Å²) in [6, 6.07) is 15.8. The van der Waals surface area contributed by atoms with Crippen LogP contribution in [0.2, 0.25) is 5.02 Å². The summed E-state index contributed by atoms with van der Waals surface area (Å²) in [6.45, 7) is 6.54. The lowest BCUT2D eigenvalue weighted by molar-refractivity contribution is 0.1000. The molecule has 5 heteroatoms. The van der Waals surface area contributed by atoms with E-state index in [0.29, 0.717) is 10.0 Å². The number of benzene rings is 2. The maximum absolute atomic E-state index is 11.6. The van der Waals surface area contributed by atoms with Crippen LogP contribution in [0.1, 0.15) is 36.1 Å². The molecule has 0 radical (unpaired) electrons. The summed E-state index contributed by atoms with van der Waals surface area (Å²) in [4.78, 5) is 17.0. The van der Waals surface area contributed by atoms with Crippen LogP contribution in [-0.4, -0.2) is 10.9 Å². The van der Waals surface area contributed by atoms with Crippen LogP contribution >= 0.6 is 22.9 Å². The van der Waals surface area contributed by atoms with E-state index in [0.717, 1.165) is 21.7 Å². The number of carbonyl (C=O) groups excluding carboxylic acids is 1. The quantitative estimate of drug-likeness (QED) is 0.659. The highest BCUT2D eigenvalue weighted by molar-refractivity contribution is 7.17. The van der Waals surface area contributed by atoms with Crippen molar-refractivity contribution in [2.24, 2.45) is 5.73 Å². The maximum Gasteiger partial charge on any atom is 0.277 e. The number of primary amides is 1. The van der Waals surface area contributed by atoms with Crippen molar-refractivity contribution in [1.82, 2.24) is 4.98 Å². The van der Waals surface area contributed by atoms with E-state index in [1.807, 2.05) is 24.3 Å². The molecule has 0 bridgehead atoms. The van der Waals surface area contributed by atoms with Crippen LogP contribution in [0.4, 0.5) is 0 Å². The van der Waals surface area contributed by atoms with Gasteiger partial charge in [0.25, 0.3) is 5.91 Å². The van der Waals surface area contributed by atoms with Gasteiger partial charge < -0.3 is 5.73 Å². The number of nitrogens with two attached hydrogens (primary N) is 1. The standard InChI is InChI=1S/C20H19ClN2OS/c1-20(2,3)14-8-4-13(5-9-14)17-16(23-19(25-17)18(22)24)12-6-10-15(21)11-7-12/h4-11H,1-3H3,(H2,22,24). The van der Waals surface area contributed by atoms with Crippen LogP contribution in [0, 0.1) is 0 Å². The second-order valence-corrected chi connectivity index (χ2v) is 8.33. The van der Waals surface area contributed by atoms with Crippen molar-refractivity contribution in [3.63, 3.8) is 0 Å². The van der Waals surface area contributed by atoms with Crippen LogP contribution in [0.5, 0.6) is 0 Å². The lowest BCUT2D eigenvalue weighted by Gasteiger charge is -2.19. The summed E-state index contributed by atoms with van der Waals surface area (Å²) in [5.74, 6) is -0.516. The lowest BCUT2D eigenvalue weighted by atomic mass is 9.86. The summed E-state index contributed by atoms with van der Waals surface area (Å²) in [5, 5.41) is 0.963. The predicted molar refractivity (Wildman–Crippen MR) is 105 cm³/mol. The molecule has 128 valence electrons. The molecule has 2 N–H and O–H groups in total. The number of halogens is 1. The molecular formula is C20H19ClN2OS. The average molecular weight is 371 g/mol. The lowest BCUT2D eigenvalue weighted by Crippen LogP contribution is -2.10. The van der Waals surface area contributed by atoms with Crippen molar-refractivity contribution in [2.45, 2.75) is 26.2 Å². The number of aromatic nitrogens is 1. The van der Waals surface area contributed by atoms with E-state index in [1.165, 1.54) is 16.9 Å². The minimum atomic E-state index is -0.516. The third-order valence-electron chi connectivity index (χ3n) is 3.97. The van der Waals surface area contributed by atoms with E-state index < -0.39 is 5.91 Å². The molecule has 0 fully saturated rings. The number of amides is 1. The summed E-state index contributed by atoms with van der Waals surface area (Å²) < 4.78 is 0. The fourth-order valence-electron chi connectivity index (χ4n) is 2.55. The number of hydrogen-bond donors (Lipinski definition) is 1. The molecule has 0 atom stereocenters. The van der Waals surface area contributed by atoms with E-state index in [-0.39, 0.29) is 5.41 Å². The average Bonchev–Trinajstić information content (AvgIpc) is 3.00. The molecule has 0 saturated carbocycles. The van der Waals surface area contributed by atoms with Gasteiger partial charge in [-0.2, -0.15) is 0 Å². The number of thiazole rings is 1. The second kappa shape index (κ2) is 6.62. The van der Waals surface area contributed by atoms with Gasteiger partial charge in [-0.1, -0.05) is 68.8 Å².